The van der Waals surface area contributed by atoms with E-state index in [0.29, 0.717) is 23.1 Å². The zero-order valence-electron chi connectivity index (χ0n) is 12.6. The molecular formula is C16H24O4. The molecular weight excluding hydrogens is 256 g/mol. The molecule has 0 saturated heterocycles. The van der Waals surface area contributed by atoms with E-state index in [1.165, 1.54) is 0 Å². The standard InChI is InChI=1S/C16H24O4/c1-5-16(3,4)15(19)20-11(2)14-12(9-17)7-6-8-13(14)10-18/h6-8,11,17-18H,5,9-10H2,1-4H3. The zero-order valence-corrected chi connectivity index (χ0v) is 12.6. The SMILES string of the molecule is CCC(C)(C)C(=O)OC(C)c1c(CO)cccc1CO. The average Bonchev–Trinajstić information content (AvgIpc) is 2.45. The van der Waals surface area contributed by atoms with Crippen LogP contribution in [0.5, 0.6) is 0 Å². The van der Waals surface area contributed by atoms with E-state index in [-0.39, 0.29) is 19.2 Å². The Morgan fingerprint density at radius 1 is 1.25 bits per heavy atom. The zero-order chi connectivity index (χ0) is 15.3. The smallest absolute Gasteiger partial charge is 0.312 e. The number of esters is 1. The second kappa shape index (κ2) is 6.86. The van der Waals surface area contributed by atoms with Crippen molar-refractivity contribution in [2.75, 3.05) is 0 Å². The van der Waals surface area contributed by atoms with Gasteiger partial charge >= 0.3 is 5.97 Å². The highest BCUT2D eigenvalue weighted by atomic mass is 16.5. The van der Waals surface area contributed by atoms with E-state index in [9.17, 15) is 15.0 Å². The maximum atomic E-state index is 12.1. The Kier molecular flexibility index (Phi) is 5.72. The first kappa shape index (κ1) is 16.7. The van der Waals surface area contributed by atoms with Gasteiger partial charge in [-0.1, -0.05) is 25.1 Å². The largest absolute Gasteiger partial charge is 0.457 e. The monoisotopic (exact) mass is 280 g/mol. The van der Waals surface area contributed by atoms with Crippen LogP contribution in [0.4, 0.5) is 0 Å². The van der Waals surface area contributed by atoms with Gasteiger partial charge in [-0.2, -0.15) is 0 Å². The van der Waals surface area contributed by atoms with E-state index in [2.05, 4.69) is 0 Å². The third-order valence-electron chi connectivity index (χ3n) is 3.75. The van der Waals surface area contributed by atoms with E-state index >= 15 is 0 Å². The second-order valence-corrected chi connectivity index (χ2v) is 5.59. The predicted octanol–water partition coefficient (Wildman–Crippen LogP) is 2.71. The Labute approximate surface area is 120 Å². The molecule has 1 aromatic rings. The minimum Gasteiger partial charge on any atom is -0.457 e. The van der Waals surface area contributed by atoms with Gasteiger partial charge in [-0.3, -0.25) is 4.79 Å². The summed E-state index contributed by atoms with van der Waals surface area (Å²) in [6.45, 7) is 7.08. The second-order valence-electron chi connectivity index (χ2n) is 5.59. The van der Waals surface area contributed by atoms with Crippen LogP contribution in [-0.2, 0) is 22.7 Å². The minimum absolute atomic E-state index is 0.151. The highest BCUT2D eigenvalue weighted by Gasteiger charge is 2.29. The maximum Gasteiger partial charge on any atom is 0.312 e. The van der Waals surface area contributed by atoms with Gasteiger partial charge < -0.3 is 14.9 Å². The predicted molar refractivity (Wildman–Crippen MR) is 76.9 cm³/mol. The molecule has 1 atom stereocenters. The summed E-state index contributed by atoms with van der Waals surface area (Å²) in [6, 6.07) is 5.30. The van der Waals surface area contributed by atoms with Crippen molar-refractivity contribution >= 4 is 5.97 Å². The first-order valence-electron chi connectivity index (χ1n) is 6.90. The Morgan fingerprint density at radius 2 is 1.75 bits per heavy atom. The van der Waals surface area contributed by atoms with Crippen molar-refractivity contribution in [2.24, 2.45) is 5.41 Å². The summed E-state index contributed by atoms with van der Waals surface area (Å²) in [4.78, 5) is 12.1. The Hall–Kier alpha value is -1.39. The van der Waals surface area contributed by atoms with E-state index in [0.717, 1.165) is 0 Å². The lowest BCUT2D eigenvalue weighted by Gasteiger charge is -2.25. The van der Waals surface area contributed by atoms with Crippen molar-refractivity contribution in [3.05, 3.63) is 34.9 Å². The van der Waals surface area contributed by atoms with Crippen LogP contribution >= 0.6 is 0 Å². The van der Waals surface area contributed by atoms with Gasteiger partial charge in [0.15, 0.2) is 0 Å². The lowest BCUT2D eigenvalue weighted by Crippen LogP contribution is -2.27. The molecule has 0 spiro atoms. The molecule has 20 heavy (non-hydrogen) atoms. The fourth-order valence-electron chi connectivity index (χ4n) is 1.99. The average molecular weight is 280 g/mol. The van der Waals surface area contributed by atoms with Crippen molar-refractivity contribution in [3.63, 3.8) is 0 Å². The molecule has 0 aliphatic carbocycles. The highest BCUT2D eigenvalue weighted by Crippen LogP contribution is 2.30. The van der Waals surface area contributed by atoms with Gasteiger partial charge in [-0.15, -0.1) is 0 Å². The van der Waals surface area contributed by atoms with Crippen LogP contribution in [0.3, 0.4) is 0 Å². The van der Waals surface area contributed by atoms with Gasteiger partial charge in [0.1, 0.15) is 6.10 Å². The van der Waals surface area contributed by atoms with Crippen molar-refractivity contribution < 1.29 is 19.7 Å². The van der Waals surface area contributed by atoms with Gasteiger partial charge in [-0.05, 0) is 38.3 Å². The Balaban J connectivity index is 3.03. The normalized spacial score (nSPS) is 13.1. The molecule has 1 unspecified atom stereocenters. The Morgan fingerprint density at radius 3 is 2.15 bits per heavy atom. The van der Waals surface area contributed by atoms with Gasteiger partial charge in [0.05, 0.1) is 18.6 Å². The van der Waals surface area contributed by atoms with Gasteiger partial charge in [0, 0.05) is 5.56 Å². The molecule has 0 heterocycles. The fourth-order valence-corrected chi connectivity index (χ4v) is 1.99. The molecule has 0 aliphatic rings. The number of aliphatic hydroxyl groups excluding tert-OH is 2. The lowest BCUT2D eigenvalue weighted by atomic mass is 9.90. The molecule has 1 aromatic carbocycles. The highest BCUT2D eigenvalue weighted by molar-refractivity contribution is 5.76. The lowest BCUT2D eigenvalue weighted by molar-refractivity contribution is -0.159. The molecule has 0 aromatic heterocycles. The summed E-state index contributed by atoms with van der Waals surface area (Å²) in [5, 5.41) is 18.8. The van der Waals surface area contributed by atoms with Crippen LogP contribution in [0.15, 0.2) is 18.2 Å². The third-order valence-corrected chi connectivity index (χ3v) is 3.75. The molecule has 0 radical (unpaired) electrons. The van der Waals surface area contributed by atoms with Crippen LogP contribution < -0.4 is 0 Å². The fraction of sp³-hybridized carbons (Fsp3) is 0.562. The summed E-state index contributed by atoms with van der Waals surface area (Å²) in [5.74, 6) is -0.274. The van der Waals surface area contributed by atoms with E-state index in [1.54, 1.807) is 25.1 Å². The summed E-state index contributed by atoms with van der Waals surface area (Å²) in [6.07, 6.45) is 0.186. The molecule has 4 heteroatoms. The van der Waals surface area contributed by atoms with Crippen molar-refractivity contribution in [2.45, 2.75) is 53.4 Å². The Bertz CT molecular complexity index is 443. The molecule has 0 aliphatic heterocycles. The van der Waals surface area contributed by atoms with Crippen molar-refractivity contribution in [1.29, 1.82) is 0 Å². The summed E-state index contributed by atoms with van der Waals surface area (Å²) >= 11 is 0. The van der Waals surface area contributed by atoms with Crippen LogP contribution in [0.2, 0.25) is 0 Å². The first-order valence-corrected chi connectivity index (χ1v) is 6.90. The van der Waals surface area contributed by atoms with E-state index in [1.807, 2.05) is 20.8 Å². The number of rotatable bonds is 6. The van der Waals surface area contributed by atoms with Crippen molar-refractivity contribution in [3.8, 4) is 0 Å². The number of carbonyl (C=O) groups excluding carboxylic acids is 1. The van der Waals surface area contributed by atoms with Crippen molar-refractivity contribution in [1.82, 2.24) is 0 Å². The van der Waals surface area contributed by atoms with E-state index < -0.39 is 11.5 Å². The molecule has 0 fully saturated rings. The van der Waals surface area contributed by atoms with Crippen LogP contribution in [0.25, 0.3) is 0 Å². The quantitative estimate of drug-likeness (QED) is 0.786. The minimum atomic E-state index is -0.540. The molecule has 4 nitrogen and oxygen atoms in total. The number of hydrogen-bond donors (Lipinski definition) is 2. The molecule has 112 valence electrons. The summed E-state index contributed by atoms with van der Waals surface area (Å²) < 4.78 is 5.52. The number of carbonyl (C=O) groups is 1. The number of aliphatic hydroxyl groups is 2. The topological polar surface area (TPSA) is 66.8 Å². The molecule has 1 rings (SSSR count). The summed E-state index contributed by atoms with van der Waals surface area (Å²) in [7, 11) is 0. The summed E-state index contributed by atoms with van der Waals surface area (Å²) in [5.41, 5.74) is 1.50. The van der Waals surface area contributed by atoms with Crippen LogP contribution in [0.1, 0.15) is 56.9 Å². The number of hydrogen-bond acceptors (Lipinski definition) is 4. The number of benzene rings is 1. The molecule has 0 bridgehead atoms. The molecule has 0 amide bonds. The van der Waals surface area contributed by atoms with Gasteiger partial charge in [0.25, 0.3) is 0 Å². The third kappa shape index (κ3) is 3.58. The van der Waals surface area contributed by atoms with Crippen LogP contribution in [-0.4, -0.2) is 16.2 Å². The van der Waals surface area contributed by atoms with Gasteiger partial charge in [0.2, 0.25) is 0 Å². The van der Waals surface area contributed by atoms with E-state index in [4.69, 9.17) is 4.74 Å². The van der Waals surface area contributed by atoms with Crippen LogP contribution in [0, 0.1) is 5.41 Å². The molecule has 0 saturated carbocycles. The molecule has 2 N–H and O–H groups in total. The number of ether oxygens (including phenoxy) is 1. The van der Waals surface area contributed by atoms with Gasteiger partial charge in [-0.25, -0.2) is 0 Å². The first-order chi connectivity index (χ1) is 9.37. The maximum absolute atomic E-state index is 12.1.